The molecule has 0 bridgehead atoms. The maximum atomic E-state index is 11.8. The van der Waals surface area contributed by atoms with Gasteiger partial charge in [-0.25, -0.2) is 4.98 Å². The molecule has 0 aliphatic heterocycles. The molecule has 1 heterocycles. The molecule has 1 saturated carbocycles. The van der Waals surface area contributed by atoms with E-state index in [1.54, 1.807) is 12.3 Å². The van der Waals surface area contributed by atoms with E-state index in [1.807, 2.05) is 6.07 Å². The van der Waals surface area contributed by atoms with Gasteiger partial charge in [-0.1, -0.05) is 5.92 Å². The molecule has 5 nitrogen and oxygen atoms in total. The highest BCUT2D eigenvalue weighted by atomic mass is 16.2. The second-order valence-corrected chi connectivity index (χ2v) is 5.15. The summed E-state index contributed by atoms with van der Waals surface area (Å²) in [6.07, 6.45) is 10.8. The zero-order valence-corrected chi connectivity index (χ0v) is 12.1. The summed E-state index contributed by atoms with van der Waals surface area (Å²) >= 11 is 0. The summed E-state index contributed by atoms with van der Waals surface area (Å²) < 4.78 is 0. The lowest BCUT2D eigenvalue weighted by Crippen LogP contribution is -2.28. The molecule has 0 atom stereocenters. The first-order valence-electron chi connectivity index (χ1n) is 7.31. The quantitative estimate of drug-likeness (QED) is 0.557. The van der Waals surface area contributed by atoms with Crippen molar-refractivity contribution in [3.63, 3.8) is 0 Å². The number of hydrogen-bond donors (Lipinski definition) is 2. The summed E-state index contributed by atoms with van der Waals surface area (Å²) in [6.45, 7) is 1.33. The monoisotopic (exact) mass is 287 g/mol. The smallest absolute Gasteiger partial charge is 0.253 e. The number of anilines is 1. The molecule has 0 saturated heterocycles. The zero-order valence-electron chi connectivity index (χ0n) is 12.1. The standard InChI is InChI=1S/C16H21N3O2/c1-2-9-17-16(21)13-5-8-15(18-12-13)19(14-6-7-14)10-3-4-11-20/h1,5,8,12,14,20H,3-4,6-7,9-11H2,(H,17,21). The van der Waals surface area contributed by atoms with Crippen molar-refractivity contribution < 1.29 is 9.90 Å². The van der Waals surface area contributed by atoms with Crippen LogP contribution in [-0.2, 0) is 0 Å². The molecule has 1 aliphatic carbocycles. The molecule has 1 aromatic heterocycles. The van der Waals surface area contributed by atoms with E-state index in [0.717, 1.165) is 25.2 Å². The Bertz CT molecular complexity index is 503. The number of aromatic nitrogens is 1. The van der Waals surface area contributed by atoms with Crippen molar-refractivity contribution in [2.75, 3.05) is 24.6 Å². The molecule has 1 aromatic rings. The Morgan fingerprint density at radius 3 is 2.86 bits per heavy atom. The second kappa shape index (κ2) is 7.65. The van der Waals surface area contributed by atoms with E-state index >= 15 is 0 Å². The second-order valence-electron chi connectivity index (χ2n) is 5.15. The summed E-state index contributed by atoms with van der Waals surface area (Å²) in [4.78, 5) is 18.4. The first-order valence-corrected chi connectivity index (χ1v) is 7.31. The molecule has 1 fully saturated rings. The third-order valence-corrected chi connectivity index (χ3v) is 3.45. The van der Waals surface area contributed by atoms with Crippen LogP contribution in [0.2, 0.25) is 0 Å². The SMILES string of the molecule is C#CCNC(=O)c1ccc(N(CCCCO)C2CC2)nc1. The first kappa shape index (κ1) is 15.3. The fourth-order valence-corrected chi connectivity index (χ4v) is 2.19. The first-order chi connectivity index (χ1) is 10.3. The van der Waals surface area contributed by atoms with E-state index in [9.17, 15) is 4.79 Å². The number of nitrogens with one attached hydrogen (secondary N) is 1. The molecular formula is C16H21N3O2. The molecular weight excluding hydrogens is 266 g/mol. The number of aliphatic hydroxyl groups is 1. The summed E-state index contributed by atoms with van der Waals surface area (Å²) in [5.41, 5.74) is 0.514. The molecule has 1 amide bonds. The lowest BCUT2D eigenvalue weighted by atomic mass is 10.2. The van der Waals surface area contributed by atoms with Crippen molar-refractivity contribution in [2.24, 2.45) is 0 Å². The van der Waals surface area contributed by atoms with Gasteiger partial charge in [-0.15, -0.1) is 6.42 Å². The van der Waals surface area contributed by atoms with Crippen LogP contribution in [0.15, 0.2) is 18.3 Å². The summed E-state index contributed by atoms with van der Waals surface area (Å²) in [5, 5.41) is 11.5. The molecule has 2 rings (SSSR count). The van der Waals surface area contributed by atoms with Crippen LogP contribution in [0.5, 0.6) is 0 Å². The maximum Gasteiger partial charge on any atom is 0.253 e. The van der Waals surface area contributed by atoms with Crippen molar-refractivity contribution in [2.45, 2.75) is 31.7 Å². The highest BCUT2D eigenvalue weighted by molar-refractivity contribution is 5.94. The topological polar surface area (TPSA) is 65.5 Å². The van der Waals surface area contributed by atoms with Gasteiger partial charge in [-0.3, -0.25) is 4.79 Å². The molecule has 0 spiro atoms. The Morgan fingerprint density at radius 2 is 2.29 bits per heavy atom. The van der Waals surface area contributed by atoms with E-state index in [4.69, 9.17) is 11.5 Å². The Hall–Kier alpha value is -2.06. The fourth-order valence-electron chi connectivity index (χ4n) is 2.19. The fraction of sp³-hybridized carbons (Fsp3) is 0.500. The number of aliphatic hydroxyl groups excluding tert-OH is 1. The number of unbranched alkanes of at least 4 members (excludes halogenated alkanes) is 1. The van der Waals surface area contributed by atoms with Gasteiger partial charge < -0.3 is 15.3 Å². The highest BCUT2D eigenvalue weighted by Gasteiger charge is 2.29. The number of carbonyl (C=O) groups is 1. The average Bonchev–Trinajstić information content (AvgIpc) is 3.34. The van der Waals surface area contributed by atoms with E-state index in [2.05, 4.69) is 21.1 Å². The number of amides is 1. The summed E-state index contributed by atoms with van der Waals surface area (Å²) in [7, 11) is 0. The van der Waals surface area contributed by atoms with E-state index in [-0.39, 0.29) is 19.1 Å². The van der Waals surface area contributed by atoms with Gasteiger partial charge in [-0.2, -0.15) is 0 Å². The molecule has 0 radical (unpaired) electrons. The minimum absolute atomic E-state index is 0.203. The molecule has 112 valence electrons. The predicted molar refractivity (Wildman–Crippen MR) is 82.1 cm³/mol. The third-order valence-electron chi connectivity index (χ3n) is 3.45. The Kier molecular flexibility index (Phi) is 5.59. The molecule has 5 heteroatoms. The van der Waals surface area contributed by atoms with E-state index in [1.165, 1.54) is 12.8 Å². The Labute approximate surface area is 125 Å². The van der Waals surface area contributed by atoms with Crippen molar-refractivity contribution in [3.8, 4) is 12.3 Å². The summed E-state index contributed by atoms with van der Waals surface area (Å²) in [5.74, 6) is 3.06. The van der Waals surface area contributed by atoms with Crippen LogP contribution in [0.25, 0.3) is 0 Å². The molecule has 2 N–H and O–H groups in total. The molecule has 1 aliphatic rings. The highest BCUT2D eigenvalue weighted by Crippen LogP contribution is 2.30. The third kappa shape index (κ3) is 4.47. The summed E-state index contributed by atoms with van der Waals surface area (Å²) in [6, 6.07) is 4.20. The van der Waals surface area contributed by atoms with Gasteiger partial charge in [0.05, 0.1) is 12.1 Å². The van der Waals surface area contributed by atoms with Crippen LogP contribution in [0, 0.1) is 12.3 Å². The predicted octanol–water partition coefficient (Wildman–Crippen LogP) is 1.19. The Morgan fingerprint density at radius 1 is 1.48 bits per heavy atom. The van der Waals surface area contributed by atoms with Gasteiger partial charge in [0.1, 0.15) is 5.82 Å². The number of rotatable bonds is 8. The lowest BCUT2D eigenvalue weighted by molar-refractivity contribution is 0.0958. The van der Waals surface area contributed by atoms with Crippen LogP contribution in [0.4, 0.5) is 5.82 Å². The van der Waals surface area contributed by atoms with Gasteiger partial charge in [-0.05, 0) is 37.8 Å². The minimum Gasteiger partial charge on any atom is -0.396 e. The average molecular weight is 287 g/mol. The largest absolute Gasteiger partial charge is 0.396 e. The van der Waals surface area contributed by atoms with Crippen molar-refractivity contribution in [1.29, 1.82) is 0 Å². The van der Waals surface area contributed by atoms with Crippen LogP contribution >= 0.6 is 0 Å². The van der Waals surface area contributed by atoms with Gasteiger partial charge in [0.25, 0.3) is 5.91 Å². The van der Waals surface area contributed by atoms with Gasteiger partial charge >= 0.3 is 0 Å². The molecule has 21 heavy (non-hydrogen) atoms. The molecule has 0 unspecified atom stereocenters. The van der Waals surface area contributed by atoms with Gasteiger partial charge in [0, 0.05) is 25.4 Å². The van der Waals surface area contributed by atoms with Crippen LogP contribution in [0.3, 0.4) is 0 Å². The van der Waals surface area contributed by atoms with Crippen molar-refractivity contribution >= 4 is 11.7 Å². The van der Waals surface area contributed by atoms with Crippen LogP contribution in [0.1, 0.15) is 36.0 Å². The van der Waals surface area contributed by atoms with Gasteiger partial charge in [0.2, 0.25) is 0 Å². The number of nitrogens with zero attached hydrogens (tertiary/aromatic N) is 2. The number of terminal acetylenes is 1. The van der Waals surface area contributed by atoms with Crippen molar-refractivity contribution in [1.82, 2.24) is 10.3 Å². The zero-order chi connectivity index (χ0) is 15.1. The number of pyridine rings is 1. The van der Waals surface area contributed by atoms with Gasteiger partial charge in [0.15, 0.2) is 0 Å². The van der Waals surface area contributed by atoms with E-state index in [0.29, 0.717) is 11.6 Å². The van der Waals surface area contributed by atoms with Crippen LogP contribution in [-0.4, -0.2) is 41.7 Å². The Balaban J connectivity index is 1.98. The molecule has 0 aromatic carbocycles. The minimum atomic E-state index is -0.203. The lowest BCUT2D eigenvalue weighted by Gasteiger charge is -2.23. The van der Waals surface area contributed by atoms with Crippen molar-refractivity contribution in [3.05, 3.63) is 23.9 Å². The number of hydrogen-bond acceptors (Lipinski definition) is 4. The van der Waals surface area contributed by atoms with E-state index < -0.39 is 0 Å². The maximum absolute atomic E-state index is 11.8. The van der Waals surface area contributed by atoms with Crippen LogP contribution < -0.4 is 10.2 Å². The number of carbonyl (C=O) groups excluding carboxylic acids is 1. The normalized spacial score (nSPS) is 13.5.